The van der Waals surface area contributed by atoms with Crippen molar-refractivity contribution in [2.24, 2.45) is 0 Å². The molecule has 0 bridgehead atoms. The van der Waals surface area contributed by atoms with Crippen molar-refractivity contribution in [2.75, 3.05) is 40.1 Å². The predicted octanol–water partition coefficient (Wildman–Crippen LogP) is 3.90. The monoisotopic (exact) mass is 711 g/mol. The number of carbonyl (C=O) groups is 2. The van der Waals surface area contributed by atoms with Gasteiger partial charge in [-0.1, -0.05) is 36.4 Å². The number of aromatic amines is 2. The van der Waals surface area contributed by atoms with E-state index in [0.29, 0.717) is 4.91 Å². The summed E-state index contributed by atoms with van der Waals surface area (Å²) in [5.41, 5.74) is 1.53. The van der Waals surface area contributed by atoms with Gasteiger partial charge in [-0.3, -0.25) is 14.6 Å². The Kier molecular flexibility index (Phi) is 11.3. The zero-order valence-electron chi connectivity index (χ0n) is 27.4. The molecule has 1 atom stereocenters. The van der Waals surface area contributed by atoms with Gasteiger partial charge in [0.1, 0.15) is 18.2 Å². The number of hydrogen-bond donors (Lipinski definition) is 4. The number of amides is 3. The lowest BCUT2D eigenvalue weighted by Crippen LogP contribution is -2.35. The molecule has 3 heterocycles. The van der Waals surface area contributed by atoms with E-state index in [1.165, 1.54) is 38.3 Å². The standard InChI is InChI=1S/C33H35F2N7O7S/c1-42(33(46)49-18-20-9-5-4-6-10-20)17-21-27-29(43)37-32(45)38-30(27)50(16-8-15-36-31(44)41-48-3,19-22-23(34)11-7-12-24(22)35)28(21)25-13-14-26(47-2)40-39-25/h4-7,9-14H,8,15-19H2,1-3H3,(H2,36,41,44)(H2,37,38,43,45). The Morgan fingerprint density at radius 3 is 2.36 bits per heavy atom. The Hall–Kier alpha value is -5.55. The molecule has 0 aliphatic carbocycles. The minimum Gasteiger partial charge on any atom is -0.480 e. The summed E-state index contributed by atoms with van der Waals surface area (Å²) in [5, 5.41) is 11.3. The summed E-state index contributed by atoms with van der Waals surface area (Å²) in [6.07, 6.45) is -0.503. The number of aromatic nitrogens is 4. The summed E-state index contributed by atoms with van der Waals surface area (Å²) in [4.78, 5) is 63.3. The number of halogens is 2. The van der Waals surface area contributed by atoms with E-state index >= 15 is 8.78 Å². The highest BCUT2D eigenvalue weighted by molar-refractivity contribution is 8.40. The van der Waals surface area contributed by atoms with Gasteiger partial charge >= 0.3 is 17.8 Å². The number of carbonyl (C=O) groups excluding carboxylic acids is 2. The van der Waals surface area contributed by atoms with Gasteiger partial charge < -0.3 is 24.7 Å². The third kappa shape index (κ3) is 7.68. The summed E-state index contributed by atoms with van der Waals surface area (Å²) in [6, 6.07) is 15.0. The third-order valence-electron chi connectivity index (χ3n) is 7.86. The van der Waals surface area contributed by atoms with Crippen LogP contribution in [0.1, 0.15) is 28.8 Å². The van der Waals surface area contributed by atoms with Crippen molar-refractivity contribution in [1.82, 2.24) is 35.9 Å². The fourth-order valence-electron chi connectivity index (χ4n) is 5.66. The van der Waals surface area contributed by atoms with E-state index in [9.17, 15) is 19.2 Å². The van der Waals surface area contributed by atoms with E-state index in [1.807, 2.05) is 18.2 Å². The van der Waals surface area contributed by atoms with Gasteiger partial charge in [0.25, 0.3) is 5.56 Å². The van der Waals surface area contributed by atoms with Gasteiger partial charge in [0.2, 0.25) is 5.88 Å². The second kappa shape index (κ2) is 15.8. The molecule has 50 heavy (non-hydrogen) atoms. The highest BCUT2D eigenvalue weighted by Gasteiger charge is 2.46. The van der Waals surface area contributed by atoms with Gasteiger partial charge in [-0.25, -0.2) is 28.6 Å². The van der Waals surface area contributed by atoms with Crippen LogP contribution in [-0.2, 0) is 21.9 Å². The molecule has 14 nitrogen and oxygen atoms in total. The fourth-order valence-corrected chi connectivity index (χ4v) is 10.2. The van der Waals surface area contributed by atoms with Crippen LogP contribution in [0.25, 0.3) is 10.5 Å². The van der Waals surface area contributed by atoms with Gasteiger partial charge in [-0.05, 0) is 35.9 Å². The van der Waals surface area contributed by atoms with Gasteiger partial charge in [0.05, 0.1) is 37.0 Å². The minimum atomic E-state index is -2.86. The molecule has 264 valence electrons. The van der Waals surface area contributed by atoms with Crippen LogP contribution >= 0.6 is 10.0 Å². The van der Waals surface area contributed by atoms with Crippen LogP contribution in [0.15, 0.2) is 75.3 Å². The Bertz CT molecular complexity index is 1990. The van der Waals surface area contributed by atoms with Crippen LogP contribution in [0.5, 0.6) is 5.88 Å². The Balaban J connectivity index is 1.69. The number of nitrogens with zero attached hydrogens (tertiary/aromatic N) is 3. The molecule has 1 unspecified atom stereocenters. The normalized spacial score (nSPS) is 16.3. The Labute approximate surface area is 286 Å². The maximum Gasteiger partial charge on any atom is 0.410 e. The lowest BCUT2D eigenvalue weighted by atomic mass is 10.1. The number of hydrogen-bond acceptors (Lipinski definition) is 9. The van der Waals surface area contributed by atoms with E-state index in [0.717, 1.165) is 17.7 Å². The molecule has 0 spiro atoms. The van der Waals surface area contributed by atoms with Gasteiger partial charge in [0.15, 0.2) is 0 Å². The van der Waals surface area contributed by atoms with E-state index in [-0.39, 0.29) is 70.9 Å². The second-order valence-electron chi connectivity index (χ2n) is 11.1. The summed E-state index contributed by atoms with van der Waals surface area (Å²) in [7, 11) is 1.29. The molecule has 4 aromatic rings. The van der Waals surface area contributed by atoms with Crippen molar-refractivity contribution in [1.29, 1.82) is 0 Å². The van der Waals surface area contributed by atoms with Crippen molar-refractivity contribution in [3.63, 3.8) is 0 Å². The molecule has 17 heteroatoms. The number of hydroxylamine groups is 1. The average molecular weight is 712 g/mol. The quantitative estimate of drug-likeness (QED) is 0.0909. The number of nitrogens with one attached hydrogen (secondary N) is 4. The van der Waals surface area contributed by atoms with E-state index in [4.69, 9.17) is 9.47 Å². The lowest BCUT2D eigenvalue weighted by Gasteiger charge is -2.39. The van der Waals surface area contributed by atoms with Gasteiger partial charge in [0, 0.05) is 41.5 Å². The van der Waals surface area contributed by atoms with Crippen LogP contribution in [0.3, 0.4) is 0 Å². The number of rotatable bonds is 13. The van der Waals surface area contributed by atoms with Crippen LogP contribution < -0.4 is 26.8 Å². The average Bonchev–Trinajstić information content (AvgIpc) is 3.36. The lowest BCUT2D eigenvalue weighted by molar-refractivity contribution is 0.107. The fraction of sp³-hybridized carbons (Fsp3) is 0.273. The first-order valence-electron chi connectivity index (χ1n) is 15.3. The summed E-state index contributed by atoms with van der Waals surface area (Å²) < 4.78 is 41.7. The zero-order valence-corrected chi connectivity index (χ0v) is 28.2. The smallest absolute Gasteiger partial charge is 0.410 e. The van der Waals surface area contributed by atoms with Crippen LogP contribution in [0.2, 0.25) is 0 Å². The molecule has 4 N–H and O–H groups in total. The molecule has 0 fully saturated rings. The highest BCUT2D eigenvalue weighted by Crippen LogP contribution is 2.73. The van der Waals surface area contributed by atoms with Gasteiger partial charge in [-0.15, -0.1) is 10.2 Å². The van der Waals surface area contributed by atoms with Crippen molar-refractivity contribution < 1.29 is 32.7 Å². The first-order chi connectivity index (χ1) is 24.1. The van der Waals surface area contributed by atoms with E-state index in [2.05, 4.69) is 35.8 Å². The largest absolute Gasteiger partial charge is 0.480 e. The number of H-pyrrole nitrogens is 2. The first-order valence-corrected chi connectivity index (χ1v) is 17.2. The first kappa shape index (κ1) is 35.7. The van der Waals surface area contributed by atoms with Crippen molar-refractivity contribution >= 4 is 32.6 Å². The van der Waals surface area contributed by atoms with Crippen molar-refractivity contribution in [2.45, 2.75) is 23.8 Å². The second-order valence-corrected chi connectivity index (χ2v) is 14.4. The van der Waals surface area contributed by atoms with Crippen LogP contribution in [-0.4, -0.2) is 77.3 Å². The summed E-state index contributed by atoms with van der Waals surface area (Å²) >= 11 is 0. The molecule has 0 radical (unpaired) electrons. The molecular weight excluding hydrogens is 676 g/mol. The maximum atomic E-state index is 15.5. The number of likely N-dealkylation sites (N-methyl/N-ethyl adjacent to an activating group) is 1. The molecule has 1 aliphatic heterocycles. The number of urea groups is 1. The number of ether oxygens (including phenoxy) is 2. The number of benzene rings is 2. The minimum absolute atomic E-state index is 0.0181. The maximum absolute atomic E-state index is 15.5. The third-order valence-corrected chi connectivity index (χ3v) is 12.0. The molecule has 1 aliphatic rings. The zero-order chi connectivity index (χ0) is 35.8. The molecule has 0 saturated carbocycles. The Morgan fingerprint density at radius 1 is 0.960 bits per heavy atom. The number of methoxy groups -OCH3 is 1. The van der Waals surface area contributed by atoms with Crippen LogP contribution in [0.4, 0.5) is 18.4 Å². The van der Waals surface area contributed by atoms with Crippen LogP contribution in [0, 0.1) is 11.6 Å². The topological polar surface area (TPSA) is 181 Å². The highest BCUT2D eigenvalue weighted by atomic mass is 32.3. The molecule has 5 rings (SSSR count). The molecular formula is C33H35F2N7O7S. The predicted molar refractivity (Wildman–Crippen MR) is 181 cm³/mol. The van der Waals surface area contributed by atoms with E-state index < -0.39 is 45.0 Å². The summed E-state index contributed by atoms with van der Waals surface area (Å²) in [5.74, 6) is -1.70. The SMILES string of the molecule is CONC(=O)NCCCS1(Cc2c(F)cccc2F)C(c2ccc(OC)nn2)=C(CN(C)C(=O)OCc2ccccc2)c2c1[nH]c(=O)[nH]c2=O. The van der Waals surface area contributed by atoms with Gasteiger partial charge in [-0.2, -0.15) is 10.0 Å². The molecule has 0 saturated heterocycles. The molecule has 3 amide bonds. The number of fused-ring (bicyclic) bond motifs is 1. The van der Waals surface area contributed by atoms with E-state index in [1.54, 1.807) is 18.2 Å². The van der Waals surface area contributed by atoms with Crippen molar-refractivity contribution in [3.8, 4) is 5.88 Å². The molecule has 2 aromatic carbocycles. The molecule has 2 aromatic heterocycles. The Morgan fingerprint density at radius 2 is 1.70 bits per heavy atom. The van der Waals surface area contributed by atoms with Crippen molar-refractivity contribution in [3.05, 3.63) is 116 Å². The summed E-state index contributed by atoms with van der Waals surface area (Å²) in [6.45, 7) is -0.160.